The minimum absolute atomic E-state index is 0.00392. The Morgan fingerprint density at radius 2 is 2.00 bits per heavy atom. The van der Waals surface area contributed by atoms with Gasteiger partial charge in [0.15, 0.2) is 11.5 Å². The number of rotatable bonds is 7. The van der Waals surface area contributed by atoms with Crippen molar-refractivity contribution >= 4 is 23.6 Å². The van der Waals surface area contributed by atoms with Crippen LogP contribution in [-0.2, 0) is 17.8 Å². The van der Waals surface area contributed by atoms with Crippen molar-refractivity contribution in [2.45, 2.75) is 19.9 Å². The molecule has 1 amide bonds. The first-order valence-electron chi connectivity index (χ1n) is 11.0. The molecule has 2 aliphatic heterocycles. The highest BCUT2D eigenvalue weighted by Crippen LogP contribution is 2.36. The number of fused-ring (bicyclic) bond motifs is 1. The van der Waals surface area contributed by atoms with Crippen LogP contribution in [0.5, 0.6) is 17.2 Å². The Morgan fingerprint density at radius 1 is 1.19 bits per heavy atom. The van der Waals surface area contributed by atoms with Crippen LogP contribution in [-0.4, -0.2) is 62.2 Å². The van der Waals surface area contributed by atoms with Crippen molar-refractivity contribution < 1.29 is 19.0 Å². The van der Waals surface area contributed by atoms with Gasteiger partial charge in [0, 0.05) is 45.2 Å². The van der Waals surface area contributed by atoms with Crippen LogP contribution in [0, 0.1) is 0 Å². The van der Waals surface area contributed by atoms with E-state index in [1.165, 1.54) is 11.1 Å². The monoisotopic (exact) mass is 456 g/mol. The minimum atomic E-state index is 0.00392. The molecule has 0 saturated carbocycles. The van der Waals surface area contributed by atoms with E-state index in [2.05, 4.69) is 23.1 Å². The average Bonchev–Trinajstić information content (AvgIpc) is 3.26. The van der Waals surface area contributed by atoms with E-state index in [0.29, 0.717) is 36.2 Å². The quantitative estimate of drug-likeness (QED) is 0.588. The summed E-state index contributed by atoms with van der Waals surface area (Å²) >= 11 is 6.30. The van der Waals surface area contributed by atoms with Crippen LogP contribution < -0.4 is 14.2 Å². The fourth-order valence-electron chi connectivity index (χ4n) is 4.14. The van der Waals surface area contributed by atoms with E-state index in [-0.39, 0.29) is 5.91 Å². The number of carbonyl (C=O) groups is 1. The zero-order valence-electron chi connectivity index (χ0n) is 18.6. The van der Waals surface area contributed by atoms with Gasteiger partial charge in [-0.2, -0.15) is 0 Å². The number of piperazine rings is 1. The normalized spacial score (nSPS) is 16.2. The van der Waals surface area contributed by atoms with E-state index >= 15 is 0 Å². The summed E-state index contributed by atoms with van der Waals surface area (Å²) < 4.78 is 16.5. The lowest BCUT2D eigenvalue weighted by Gasteiger charge is -2.34. The molecule has 32 heavy (non-hydrogen) atoms. The fourth-order valence-corrected chi connectivity index (χ4v) is 4.44. The van der Waals surface area contributed by atoms with Gasteiger partial charge in [-0.15, -0.1) is 0 Å². The van der Waals surface area contributed by atoms with E-state index in [1.807, 2.05) is 17.9 Å². The molecule has 170 valence electrons. The molecule has 2 aliphatic rings. The molecule has 0 radical (unpaired) electrons. The minimum Gasteiger partial charge on any atom is -0.493 e. The van der Waals surface area contributed by atoms with Crippen LogP contribution in [0.1, 0.15) is 23.6 Å². The largest absolute Gasteiger partial charge is 0.493 e. The third-order valence-corrected chi connectivity index (χ3v) is 6.08. The third-order valence-electron chi connectivity index (χ3n) is 5.80. The maximum Gasteiger partial charge on any atom is 0.246 e. The van der Waals surface area contributed by atoms with Crippen molar-refractivity contribution in [1.82, 2.24) is 9.80 Å². The van der Waals surface area contributed by atoms with Gasteiger partial charge >= 0.3 is 0 Å². The van der Waals surface area contributed by atoms with Crippen LogP contribution in [0.4, 0.5) is 0 Å². The molecule has 0 aliphatic carbocycles. The predicted molar refractivity (Wildman–Crippen MR) is 126 cm³/mol. The highest BCUT2D eigenvalue weighted by Gasteiger charge is 2.21. The van der Waals surface area contributed by atoms with Gasteiger partial charge in [-0.1, -0.05) is 23.7 Å². The van der Waals surface area contributed by atoms with Gasteiger partial charge in [-0.05, 0) is 47.9 Å². The van der Waals surface area contributed by atoms with E-state index in [0.717, 1.165) is 44.0 Å². The van der Waals surface area contributed by atoms with Gasteiger partial charge in [0.1, 0.15) is 5.75 Å². The number of methoxy groups -OCH3 is 1. The summed E-state index contributed by atoms with van der Waals surface area (Å²) in [6, 6.07) is 10.1. The van der Waals surface area contributed by atoms with Gasteiger partial charge < -0.3 is 19.1 Å². The molecule has 6 nitrogen and oxygen atoms in total. The van der Waals surface area contributed by atoms with Gasteiger partial charge in [-0.25, -0.2) is 0 Å². The molecule has 7 heteroatoms. The standard InChI is InChI=1S/C25H29ClN2O4/c1-3-31-23-16-18(15-21(26)25(23)30-2)5-7-24(29)28-11-9-27(10-12-28)17-19-4-6-22-20(14-19)8-13-32-22/h4-7,14-16H,3,8-13,17H2,1-2H3/b7-5+. The van der Waals surface area contributed by atoms with Crippen molar-refractivity contribution in [2.24, 2.45) is 0 Å². The topological polar surface area (TPSA) is 51.2 Å². The summed E-state index contributed by atoms with van der Waals surface area (Å²) in [5.41, 5.74) is 3.40. The Morgan fingerprint density at radius 3 is 2.75 bits per heavy atom. The Hall–Kier alpha value is -2.70. The molecule has 0 atom stereocenters. The molecule has 2 aromatic rings. The lowest BCUT2D eigenvalue weighted by Crippen LogP contribution is -2.47. The molecule has 4 rings (SSSR count). The molecule has 2 heterocycles. The van der Waals surface area contributed by atoms with E-state index in [4.69, 9.17) is 25.8 Å². The molecule has 1 saturated heterocycles. The van der Waals surface area contributed by atoms with Crippen LogP contribution in [0.15, 0.2) is 36.4 Å². The van der Waals surface area contributed by atoms with Crippen LogP contribution in [0.2, 0.25) is 5.02 Å². The van der Waals surface area contributed by atoms with Crippen LogP contribution >= 0.6 is 11.6 Å². The molecule has 0 aromatic heterocycles. The van der Waals surface area contributed by atoms with E-state index in [1.54, 1.807) is 25.3 Å². The number of carbonyl (C=O) groups excluding carboxylic acids is 1. The average molecular weight is 457 g/mol. The molecule has 0 N–H and O–H groups in total. The number of nitrogens with zero attached hydrogens (tertiary/aromatic N) is 2. The lowest BCUT2D eigenvalue weighted by molar-refractivity contribution is -0.127. The Balaban J connectivity index is 1.32. The highest BCUT2D eigenvalue weighted by atomic mass is 35.5. The van der Waals surface area contributed by atoms with Crippen molar-refractivity contribution in [1.29, 1.82) is 0 Å². The molecular formula is C25H29ClN2O4. The van der Waals surface area contributed by atoms with Gasteiger partial charge in [-0.3, -0.25) is 9.69 Å². The maximum atomic E-state index is 12.7. The zero-order chi connectivity index (χ0) is 22.5. The molecule has 0 bridgehead atoms. The number of halogens is 1. The fraction of sp³-hybridized carbons (Fsp3) is 0.400. The first kappa shape index (κ1) is 22.5. The van der Waals surface area contributed by atoms with Gasteiger partial charge in [0.2, 0.25) is 5.91 Å². The summed E-state index contributed by atoms with van der Waals surface area (Å²) in [5, 5.41) is 0.456. The molecule has 0 unspecified atom stereocenters. The summed E-state index contributed by atoms with van der Waals surface area (Å²) in [7, 11) is 1.56. The van der Waals surface area contributed by atoms with Crippen molar-refractivity contribution in [3.63, 3.8) is 0 Å². The highest BCUT2D eigenvalue weighted by molar-refractivity contribution is 6.32. The van der Waals surface area contributed by atoms with Crippen LogP contribution in [0.3, 0.4) is 0 Å². The number of benzene rings is 2. The molecule has 2 aromatic carbocycles. The van der Waals surface area contributed by atoms with Crippen molar-refractivity contribution in [3.8, 4) is 17.2 Å². The second-order valence-electron chi connectivity index (χ2n) is 7.94. The molecular weight excluding hydrogens is 428 g/mol. The van der Waals surface area contributed by atoms with Gasteiger partial charge in [0.25, 0.3) is 0 Å². The number of ether oxygens (including phenoxy) is 3. The summed E-state index contributed by atoms with van der Waals surface area (Å²) in [6.07, 6.45) is 4.36. The van der Waals surface area contributed by atoms with Crippen molar-refractivity contribution in [2.75, 3.05) is 46.5 Å². The Bertz CT molecular complexity index is 1000. The lowest BCUT2D eigenvalue weighted by atomic mass is 10.1. The zero-order valence-corrected chi connectivity index (χ0v) is 19.4. The second kappa shape index (κ2) is 10.3. The smallest absolute Gasteiger partial charge is 0.246 e. The first-order chi connectivity index (χ1) is 15.6. The summed E-state index contributed by atoms with van der Waals surface area (Å²) in [6.45, 7) is 7.22. The molecule has 0 spiro atoms. The van der Waals surface area contributed by atoms with Crippen molar-refractivity contribution in [3.05, 3.63) is 58.1 Å². The van der Waals surface area contributed by atoms with Gasteiger partial charge in [0.05, 0.1) is 25.3 Å². The predicted octanol–water partition coefficient (Wildman–Crippen LogP) is 4.04. The molecule has 1 fully saturated rings. The second-order valence-corrected chi connectivity index (χ2v) is 8.35. The Kier molecular flexibility index (Phi) is 7.22. The summed E-state index contributed by atoms with van der Waals surface area (Å²) in [4.78, 5) is 17.0. The first-order valence-corrected chi connectivity index (χ1v) is 11.4. The summed E-state index contributed by atoms with van der Waals surface area (Å²) in [5.74, 6) is 2.09. The van der Waals surface area contributed by atoms with Crippen LogP contribution in [0.25, 0.3) is 6.08 Å². The SMILES string of the molecule is CCOc1cc(/C=C/C(=O)N2CCN(Cc3ccc4c(c3)CCO4)CC2)cc(Cl)c1OC. The maximum absolute atomic E-state index is 12.7. The number of hydrogen-bond acceptors (Lipinski definition) is 5. The third kappa shape index (κ3) is 5.19. The number of hydrogen-bond donors (Lipinski definition) is 0. The number of amides is 1. The van der Waals surface area contributed by atoms with E-state index in [9.17, 15) is 4.79 Å². The van der Waals surface area contributed by atoms with E-state index < -0.39 is 0 Å². The Labute approximate surface area is 194 Å².